The topological polar surface area (TPSA) is 88.1 Å². The zero-order valence-corrected chi connectivity index (χ0v) is 18.7. The Labute approximate surface area is 188 Å². The standard InChI is InChI=1S/C24H25N3O4S/c1-3-31-21-15-13-20(14-16-21)17-25-26-24(28)18-27(23-12-8-7-9-19(23)2)32(29,30)22-10-5-4-6-11-22/h4-17H,3,18H2,1-2H3,(H,26,28)/b25-17+. The van der Waals surface area contributed by atoms with E-state index in [-0.39, 0.29) is 4.90 Å². The van der Waals surface area contributed by atoms with Gasteiger partial charge in [-0.15, -0.1) is 0 Å². The molecule has 0 spiro atoms. The molecule has 0 atom stereocenters. The Hall–Kier alpha value is -3.65. The third kappa shape index (κ3) is 5.73. The number of amides is 1. The van der Waals surface area contributed by atoms with Crippen LogP contribution in [0.15, 0.2) is 88.9 Å². The predicted molar refractivity (Wildman–Crippen MR) is 126 cm³/mol. The van der Waals surface area contributed by atoms with Crippen LogP contribution in [0.5, 0.6) is 5.75 Å². The molecule has 0 unspecified atom stereocenters. The van der Waals surface area contributed by atoms with Crippen LogP contribution in [0.1, 0.15) is 18.1 Å². The van der Waals surface area contributed by atoms with E-state index in [4.69, 9.17) is 4.74 Å². The second-order valence-corrected chi connectivity index (χ2v) is 8.77. The molecule has 3 aromatic carbocycles. The molecular formula is C24H25N3O4S. The van der Waals surface area contributed by atoms with E-state index in [0.29, 0.717) is 12.3 Å². The number of hydrazone groups is 1. The lowest BCUT2D eigenvalue weighted by Crippen LogP contribution is -2.40. The summed E-state index contributed by atoms with van der Waals surface area (Å²) >= 11 is 0. The molecule has 0 heterocycles. The summed E-state index contributed by atoms with van der Waals surface area (Å²) in [5, 5.41) is 3.95. The SMILES string of the molecule is CCOc1ccc(/C=N/NC(=O)CN(c2ccccc2C)S(=O)(=O)c2ccccc2)cc1. The first kappa shape index (κ1) is 23.0. The minimum Gasteiger partial charge on any atom is -0.494 e. The minimum atomic E-state index is -3.95. The number of ether oxygens (including phenoxy) is 1. The molecule has 8 heteroatoms. The van der Waals surface area contributed by atoms with Crippen molar-refractivity contribution >= 4 is 27.8 Å². The van der Waals surface area contributed by atoms with E-state index in [1.54, 1.807) is 67.6 Å². The van der Waals surface area contributed by atoms with Crippen LogP contribution in [0, 0.1) is 6.92 Å². The van der Waals surface area contributed by atoms with Crippen molar-refractivity contribution in [3.05, 3.63) is 90.0 Å². The maximum absolute atomic E-state index is 13.3. The van der Waals surface area contributed by atoms with Crippen LogP contribution >= 0.6 is 0 Å². The number of benzene rings is 3. The van der Waals surface area contributed by atoms with E-state index in [1.165, 1.54) is 18.3 Å². The van der Waals surface area contributed by atoms with Gasteiger partial charge < -0.3 is 4.74 Å². The highest BCUT2D eigenvalue weighted by Crippen LogP contribution is 2.26. The van der Waals surface area contributed by atoms with Crippen molar-refractivity contribution in [2.75, 3.05) is 17.5 Å². The van der Waals surface area contributed by atoms with Gasteiger partial charge in [-0.25, -0.2) is 13.8 Å². The average molecular weight is 452 g/mol. The summed E-state index contributed by atoms with van der Waals surface area (Å²) in [6, 6.07) is 22.3. The molecular weight excluding hydrogens is 426 g/mol. The molecule has 32 heavy (non-hydrogen) atoms. The Morgan fingerprint density at radius 2 is 1.66 bits per heavy atom. The van der Waals surface area contributed by atoms with Crippen LogP contribution < -0.4 is 14.5 Å². The van der Waals surface area contributed by atoms with E-state index < -0.39 is 22.5 Å². The van der Waals surface area contributed by atoms with E-state index in [2.05, 4.69) is 10.5 Å². The Kier molecular flexibility index (Phi) is 7.62. The molecule has 0 aliphatic rings. The number of carbonyl (C=O) groups excluding carboxylic acids is 1. The van der Waals surface area contributed by atoms with Crippen molar-refractivity contribution in [2.45, 2.75) is 18.7 Å². The van der Waals surface area contributed by atoms with Crippen LogP contribution in [-0.4, -0.2) is 33.7 Å². The number of nitrogens with zero attached hydrogens (tertiary/aromatic N) is 2. The zero-order valence-electron chi connectivity index (χ0n) is 17.9. The number of hydrogen-bond acceptors (Lipinski definition) is 5. The predicted octanol–water partition coefficient (Wildman–Crippen LogP) is 3.74. The summed E-state index contributed by atoms with van der Waals surface area (Å²) in [6.45, 7) is 3.86. The zero-order chi connectivity index (χ0) is 23.0. The lowest BCUT2D eigenvalue weighted by Gasteiger charge is -2.25. The van der Waals surface area contributed by atoms with Gasteiger partial charge in [0, 0.05) is 0 Å². The number of para-hydroxylation sites is 1. The highest BCUT2D eigenvalue weighted by atomic mass is 32.2. The van der Waals surface area contributed by atoms with Gasteiger partial charge in [-0.05, 0) is 67.4 Å². The molecule has 7 nitrogen and oxygen atoms in total. The molecule has 0 radical (unpaired) electrons. The smallest absolute Gasteiger partial charge is 0.264 e. The van der Waals surface area contributed by atoms with Gasteiger partial charge in [0.1, 0.15) is 12.3 Å². The average Bonchev–Trinajstić information content (AvgIpc) is 2.80. The molecule has 0 fully saturated rings. The first-order valence-electron chi connectivity index (χ1n) is 10.1. The van der Waals surface area contributed by atoms with Gasteiger partial charge in [0.15, 0.2) is 0 Å². The monoisotopic (exact) mass is 451 g/mol. The fourth-order valence-corrected chi connectivity index (χ4v) is 4.53. The first-order chi connectivity index (χ1) is 15.4. The Balaban J connectivity index is 1.78. The second-order valence-electron chi connectivity index (χ2n) is 6.91. The van der Waals surface area contributed by atoms with Gasteiger partial charge >= 0.3 is 0 Å². The molecule has 0 bridgehead atoms. The fourth-order valence-electron chi connectivity index (χ4n) is 3.02. The van der Waals surface area contributed by atoms with Crippen molar-refractivity contribution < 1.29 is 17.9 Å². The number of nitrogens with one attached hydrogen (secondary N) is 1. The summed E-state index contributed by atoms with van der Waals surface area (Å²) in [4.78, 5) is 12.7. The van der Waals surface area contributed by atoms with Crippen LogP contribution in [0.3, 0.4) is 0 Å². The molecule has 3 aromatic rings. The van der Waals surface area contributed by atoms with E-state index in [9.17, 15) is 13.2 Å². The maximum Gasteiger partial charge on any atom is 0.264 e. The van der Waals surface area contributed by atoms with Gasteiger partial charge in [-0.1, -0.05) is 36.4 Å². The van der Waals surface area contributed by atoms with Gasteiger partial charge in [-0.3, -0.25) is 9.10 Å². The fraction of sp³-hybridized carbons (Fsp3) is 0.167. The highest BCUT2D eigenvalue weighted by Gasteiger charge is 2.27. The quantitative estimate of drug-likeness (QED) is 0.397. The number of rotatable bonds is 9. The molecule has 0 aromatic heterocycles. The molecule has 0 aliphatic carbocycles. The van der Waals surface area contributed by atoms with Gasteiger partial charge in [0.2, 0.25) is 0 Å². The van der Waals surface area contributed by atoms with Crippen LogP contribution in [0.25, 0.3) is 0 Å². The maximum atomic E-state index is 13.3. The van der Waals surface area contributed by atoms with Gasteiger partial charge in [-0.2, -0.15) is 5.10 Å². The number of hydrogen-bond donors (Lipinski definition) is 1. The van der Waals surface area contributed by atoms with E-state index >= 15 is 0 Å². The Bertz CT molecular complexity index is 1180. The van der Waals surface area contributed by atoms with Crippen molar-refractivity contribution in [3.63, 3.8) is 0 Å². The Morgan fingerprint density at radius 3 is 2.31 bits per heavy atom. The Morgan fingerprint density at radius 1 is 1.00 bits per heavy atom. The molecule has 1 amide bonds. The summed E-state index contributed by atoms with van der Waals surface area (Å²) in [7, 11) is -3.95. The minimum absolute atomic E-state index is 0.106. The lowest BCUT2D eigenvalue weighted by molar-refractivity contribution is -0.119. The van der Waals surface area contributed by atoms with Crippen molar-refractivity contribution in [1.82, 2.24) is 5.43 Å². The summed E-state index contributed by atoms with van der Waals surface area (Å²) in [5.74, 6) is 0.184. The van der Waals surface area contributed by atoms with Crippen LogP contribution in [0.2, 0.25) is 0 Å². The number of aryl methyl sites for hydroxylation is 1. The van der Waals surface area contributed by atoms with Gasteiger partial charge in [0.05, 0.1) is 23.4 Å². The summed E-state index contributed by atoms with van der Waals surface area (Å²) in [6.07, 6.45) is 1.48. The first-order valence-corrected chi connectivity index (χ1v) is 11.5. The third-order valence-electron chi connectivity index (χ3n) is 4.60. The molecule has 166 valence electrons. The summed E-state index contributed by atoms with van der Waals surface area (Å²) < 4.78 is 33.1. The second kappa shape index (κ2) is 10.6. The van der Waals surface area contributed by atoms with Crippen molar-refractivity contribution in [2.24, 2.45) is 5.10 Å². The molecule has 0 saturated heterocycles. The molecule has 3 rings (SSSR count). The molecule has 1 N–H and O–H groups in total. The number of sulfonamides is 1. The van der Waals surface area contributed by atoms with Crippen molar-refractivity contribution in [3.8, 4) is 5.75 Å². The van der Waals surface area contributed by atoms with Crippen LogP contribution in [-0.2, 0) is 14.8 Å². The third-order valence-corrected chi connectivity index (χ3v) is 6.37. The van der Waals surface area contributed by atoms with E-state index in [1.807, 2.05) is 13.0 Å². The lowest BCUT2D eigenvalue weighted by atomic mass is 10.2. The normalized spacial score (nSPS) is 11.3. The van der Waals surface area contributed by atoms with Gasteiger partial charge in [0.25, 0.3) is 15.9 Å². The highest BCUT2D eigenvalue weighted by molar-refractivity contribution is 7.92. The number of carbonyl (C=O) groups is 1. The molecule has 0 saturated carbocycles. The van der Waals surface area contributed by atoms with E-state index in [0.717, 1.165) is 21.2 Å². The largest absolute Gasteiger partial charge is 0.494 e. The van der Waals surface area contributed by atoms with Crippen molar-refractivity contribution in [1.29, 1.82) is 0 Å². The number of anilines is 1. The summed E-state index contributed by atoms with van der Waals surface area (Å²) in [5.41, 5.74) is 4.34. The van der Waals surface area contributed by atoms with Crippen LogP contribution in [0.4, 0.5) is 5.69 Å². The molecule has 0 aliphatic heterocycles.